The van der Waals surface area contributed by atoms with Gasteiger partial charge in [-0.3, -0.25) is 0 Å². The highest BCUT2D eigenvalue weighted by atomic mass is 16.5. The SMILES string of the molecule is O=CCCOCC1CC1. The number of aldehydes is 1. The minimum Gasteiger partial charge on any atom is -0.381 e. The lowest BCUT2D eigenvalue weighted by Crippen LogP contribution is -1.98. The van der Waals surface area contributed by atoms with E-state index in [0.29, 0.717) is 13.0 Å². The van der Waals surface area contributed by atoms with Gasteiger partial charge in [0.2, 0.25) is 0 Å². The van der Waals surface area contributed by atoms with Gasteiger partial charge in [-0.25, -0.2) is 0 Å². The maximum absolute atomic E-state index is 9.79. The van der Waals surface area contributed by atoms with Crippen LogP contribution in [-0.4, -0.2) is 19.5 Å². The average Bonchev–Trinajstić information content (AvgIpc) is 2.63. The van der Waals surface area contributed by atoms with Crippen LogP contribution in [0.5, 0.6) is 0 Å². The molecule has 1 saturated carbocycles. The standard InChI is InChI=1S/C7H12O2/c8-4-1-5-9-6-7-2-3-7/h4,7H,1-3,5-6H2. The summed E-state index contributed by atoms with van der Waals surface area (Å²) in [6.45, 7) is 1.48. The van der Waals surface area contributed by atoms with E-state index < -0.39 is 0 Å². The monoisotopic (exact) mass is 128 g/mol. The fourth-order valence-electron chi connectivity index (χ4n) is 0.666. The summed E-state index contributed by atoms with van der Waals surface area (Å²) in [6, 6.07) is 0. The summed E-state index contributed by atoms with van der Waals surface area (Å²) >= 11 is 0. The van der Waals surface area contributed by atoms with Crippen molar-refractivity contribution in [2.75, 3.05) is 13.2 Å². The highest BCUT2D eigenvalue weighted by molar-refractivity contribution is 5.49. The molecular weight excluding hydrogens is 116 g/mol. The van der Waals surface area contributed by atoms with Gasteiger partial charge in [-0.1, -0.05) is 0 Å². The second kappa shape index (κ2) is 3.62. The Morgan fingerprint density at radius 3 is 2.89 bits per heavy atom. The summed E-state index contributed by atoms with van der Waals surface area (Å²) in [7, 11) is 0. The highest BCUT2D eigenvalue weighted by Crippen LogP contribution is 2.28. The molecule has 1 fully saturated rings. The van der Waals surface area contributed by atoms with Crippen molar-refractivity contribution < 1.29 is 9.53 Å². The van der Waals surface area contributed by atoms with Crippen molar-refractivity contribution in [2.24, 2.45) is 5.92 Å². The van der Waals surface area contributed by atoms with E-state index in [4.69, 9.17) is 4.74 Å². The normalized spacial score (nSPS) is 17.8. The van der Waals surface area contributed by atoms with Crippen molar-refractivity contribution in [1.82, 2.24) is 0 Å². The molecule has 0 amide bonds. The first-order valence-corrected chi connectivity index (χ1v) is 3.45. The van der Waals surface area contributed by atoms with Crippen LogP contribution in [0.2, 0.25) is 0 Å². The van der Waals surface area contributed by atoms with Crippen LogP contribution in [0.15, 0.2) is 0 Å². The third-order valence-electron chi connectivity index (χ3n) is 1.43. The van der Waals surface area contributed by atoms with Gasteiger partial charge in [0.15, 0.2) is 0 Å². The first-order chi connectivity index (χ1) is 4.43. The summed E-state index contributed by atoms with van der Waals surface area (Å²) in [6.07, 6.45) is 4.09. The maximum Gasteiger partial charge on any atom is 0.122 e. The third kappa shape index (κ3) is 3.25. The molecule has 0 saturated heterocycles. The van der Waals surface area contributed by atoms with Crippen molar-refractivity contribution in [2.45, 2.75) is 19.3 Å². The number of rotatable bonds is 5. The lowest BCUT2D eigenvalue weighted by atomic mass is 10.4. The van der Waals surface area contributed by atoms with Crippen molar-refractivity contribution >= 4 is 6.29 Å². The Morgan fingerprint density at radius 1 is 1.56 bits per heavy atom. The summed E-state index contributed by atoms with van der Waals surface area (Å²) in [5.41, 5.74) is 0. The molecule has 1 aliphatic rings. The molecule has 2 nitrogen and oxygen atoms in total. The molecule has 0 aromatic rings. The van der Waals surface area contributed by atoms with Crippen LogP contribution in [0, 0.1) is 5.92 Å². The minimum atomic E-state index is 0.548. The molecular formula is C7H12O2. The van der Waals surface area contributed by atoms with Gasteiger partial charge in [-0.2, -0.15) is 0 Å². The summed E-state index contributed by atoms with van der Waals surface area (Å²) in [5, 5.41) is 0. The first-order valence-electron chi connectivity index (χ1n) is 3.45. The Balaban J connectivity index is 1.75. The summed E-state index contributed by atoms with van der Waals surface area (Å²) in [4.78, 5) is 9.79. The molecule has 1 rings (SSSR count). The molecule has 0 aliphatic heterocycles. The lowest BCUT2D eigenvalue weighted by Gasteiger charge is -1.96. The molecule has 0 aromatic carbocycles. The van der Waals surface area contributed by atoms with Gasteiger partial charge in [0.05, 0.1) is 6.61 Å². The van der Waals surface area contributed by atoms with Gasteiger partial charge in [0, 0.05) is 13.0 Å². The van der Waals surface area contributed by atoms with E-state index in [9.17, 15) is 4.79 Å². The van der Waals surface area contributed by atoms with E-state index in [-0.39, 0.29) is 0 Å². The fourth-order valence-corrected chi connectivity index (χ4v) is 0.666. The van der Waals surface area contributed by atoms with Crippen molar-refractivity contribution in [3.8, 4) is 0 Å². The Bertz CT molecular complexity index is 86.9. The minimum absolute atomic E-state index is 0.548. The molecule has 0 aromatic heterocycles. The van der Waals surface area contributed by atoms with Gasteiger partial charge in [0.25, 0.3) is 0 Å². The van der Waals surface area contributed by atoms with E-state index in [0.717, 1.165) is 18.8 Å². The van der Waals surface area contributed by atoms with E-state index in [1.807, 2.05) is 0 Å². The van der Waals surface area contributed by atoms with E-state index >= 15 is 0 Å². The molecule has 1 aliphatic carbocycles. The topological polar surface area (TPSA) is 26.3 Å². The van der Waals surface area contributed by atoms with Crippen LogP contribution in [0.25, 0.3) is 0 Å². The van der Waals surface area contributed by atoms with Crippen molar-refractivity contribution in [1.29, 1.82) is 0 Å². The van der Waals surface area contributed by atoms with Gasteiger partial charge in [0.1, 0.15) is 6.29 Å². The molecule has 52 valence electrons. The number of carbonyl (C=O) groups is 1. The Hall–Kier alpha value is -0.370. The van der Waals surface area contributed by atoms with Gasteiger partial charge >= 0.3 is 0 Å². The number of carbonyl (C=O) groups excluding carboxylic acids is 1. The van der Waals surface area contributed by atoms with Crippen LogP contribution in [-0.2, 0) is 9.53 Å². The second-order valence-electron chi connectivity index (χ2n) is 2.47. The summed E-state index contributed by atoms with van der Waals surface area (Å²) < 4.78 is 5.17. The molecule has 0 unspecified atom stereocenters. The van der Waals surface area contributed by atoms with E-state index in [2.05, 4.69) is 0 Å². The van der Waals surface area contributed by atoms with Gasteiger partial charge in [-0.05, 0) is 18.8 Å². The molecule has 2 heteroatoms. The zero-order valence-electron chi connectivity index (χ0n) is 5.51. The van der Waals surface area contributed by atoms with Crippen LogP contribution in [0.3, 0.4) is 0 Å². The zero-order valence-corrected chi connectivity index (χ0v) is 5.51. The van der Waals surface area contributed by atoms with Crippen LogP contribution in [0.4, 0.5) is 0 Å². The molecule has 0 heterocycles. The number of hydrogen-bond acceptors (Lipinski definition) is 2. The van der Waals surface area contributed by atoms with Crippen molar-refractivity contribution in [3.05, 3.63) is 0 Å². The Morgan fingerprint density at radius 2 is 2.33 bits per heavy atom. The predicted molar refractivity (Wildman–Crippen MR) is 34.2 cm³/mol. The molecule has 9 heavy (non-hydrogen) atoms. The van der Waals surface area contributed by atoms with E-state index in [1.165, 1.54) is 12.8 Å². The molecule has 0 N–H and O–H groups in total. The number of ether oxygens (including phenoxy) is 1. The molecule has 0 bridgehead atoms. The first kappa shape index (κ1) is 6.75. The highest BCUT2D eigenvalue weighted by Gasteiger charge is 2.20. The van der Waals surface area contributed by atoms with Crippen molar-refractivity contribution in [3.63, 3.8) is 0 Å². The Labute approximate surface area is 55.2 Å². The Kier molecular flexibility index (Phi) is 2.71. The largest absolute Gasteiger partial charge is 0.381 e. The molecule has 0 spiro atoms. The van der Waals surface area contributed by atoms with Crippen LogP contribution >= 0.6 is 0 Å². The number of hydrogen-bond donors (Lipinski definition) is 0. The quantitative estimate of drug-likeness (QED) is 0.408. The van der Waals surface area contributed by atoms with Gasteiger partial charge < -0.3 is 9.53 Å². The third-order valence-corrected chi connectivity index (χ3v) is 1.43. The average molecular weight is 128 g/mol. The smallest absolute Gasteiger partial charge is 0.122 e. The van der Waals surface area contributed by atoms with Gasteiger partial charge in [-0.15, -0.1) is 0 Å². The van der Waals surface area contributed by atoms with E-state index in [1.54, 1.807) is 0 Å². The lowest BCUT2D eigenvalue weighted by molar-refractivity contribution is -0.108. The summed E-state index contributed by atoms with van der Waals surface area (Å²) in [5.74, 6) is 0.816. The van der Waals surface area contributed by atoms with Crippen LogP contribution in [0.1, 0.15) is 19.3 Å². The zero-order chi connectivity index (χ0) is 6.53. The fraction of sp³-hybridized carbons (Fsp3) is 0.857. The molecule has 0 atom stereocenters. The maximum atomic E-state index is 9.79. The predicted octanol–water partition coefficient (Wildman–Crippen LogP) is 1.00. The van der Waals surface area contributed by atoms with Crippen LogP contribution < -0.4 is 0 Å². The molecule has 0 radical (unpaired) electrons. The second-order valence-corrected chi connectivity index (χ2v) is 2.47.